The average Bonchev–Trinajstić information content (AvgIpc) is 3.39. The lowest BCUT2D eigenvalue weighted by molar-refractivity contribution is -0.225. The first-order valence-corrected chi connectivity index (χ1v) is 15.6. The van der Waals surface area contributed by atoms with Crippen LogP contribution in [0.3, 0.4) is 0 Å². The molecule has 1 aliphatic rings. The van der Waals surface area contributed by atoms with Gasteiger partial charge in [0.05, 0.1) is 20.3 Å². The largest absolute Gasteiger partial charge is 0.481 e. The molecule has 1 aliphatic heterocycles. The standard InChI is InChI=1S/C37H39F2N3O6/c1-22(2)42-29(19-18-27-20-28(21-32(43)46-6)48-37(3,4)47-27)33(23-10-14-25(38)15-11-23)34(24-12-16-26(39)17-13-24)35(42)36(44)41-30-8-7-9-31(40-30)45-5/h7-17,20,22,27H,18-19,21H2,1-6H3,(H,40,41,44). The Bertz CT molecular complexity index is 1810. The molecule has 1 unspecified atom stereocenters. The molecule has 0 radical (unpaired) electrons. The van der Waals surface area contributed by atoms with Crippen molar-refractivity contribution < 1.29 is 37.3 Å². The van der Waals surface area contributed by atoms with Gasteiger partial charge in [-0.25, -0.2) is 8.78 Å². The van der Waals surface area contributed by atoms with Crippen molar-refractivity contribution in [2.75, 3.05) is 19.5 Å². The summed E-state index contributed by atoms with van der Waals surface area (Å²) in [6, 6.07) is 16.8. The van der Waals surface area contributed by atoms with E-state index in [-0.39, 0.29) is 18.3 Å². The predicted molar refractivity (Wildman–Crippen MR) is 177 cm³/mol. The second-order valence-electron chi connectivity index (χ2n) is 12.1. The first-order valence-electron chi connectivity index (χ1n) is 15.6. The number of methoxy groups -OCH3 is 2. The Morgan fingerprint density at radius 1 is 0.958 bits per heavy atom. The maximum Gasteiger partial charge on any atom is 0.313 e. The monoisotopic (exact) mass is 659 g/mol. The number of esters is 1. The van der Waals surface area contributed by atoms with Crippen molar-refractivity contribution in [2.45, 2.75) is 64.9 Å². The van der Waals surface area contributed by atoms with Crippen LogP contribution in [0.5, 0.6) is 5.88 Å². The summed E-state index contributed by atoms with van der Waals surface area (Å²) in [5.74, 6) is -1.65. The number of aromatic nitrogens is 2. The Kier molecular flexibility index (Phi) is 10.3. The van der Waals surface area contributed by atoms with E-state index >= 15 is 0 Å². The molecular formula is C37H39F2N3O6. The van der Waals surface area contributed by atoms with Gasteiger partial charge in [-0.3, -0.25) is 9.59 Å². The second kappa shape index (κ2) is 14.4. The minimum absolute atomic E-state index is 0.0413. The van der Waals surface area contributed by atoms with Crippen molar-refractivity contribution >= 4 is 17.7 Å². The van der Waals surface area contributed by atoms with Gasteiger partial charge >= 0.3 is 5.97 Å². The SMILES string of the molecule is COC(=O)CC1=CC(CCc2c(-c3ccc(F)cc3)c(-c3ccc(F)cc3)c(C(=O)Nc3cccc(OC)n3)n2C(C)C)OC(C)(C)O1. The third kappa shape index (κ3) is 7.74. The van der Waals surface area contributed by atoms with Gasteiger partial charge in [-0.1, -0.05) is 30.3 Å². The molecule has 2 aromatic carbocycles. The maximum absolute atomic E-state index is 14.4. The van der Waals surface area contributed by atoms with E-state index in [0.29, 0.717) is 52.4 Å². The topological polar surface area (TPSA) is 101 Å². The summed E-state index contributed by atoms with van der Waals surface area (Å²) in [4.78, 5) is 30.8. The molecule has 5 rings (SSSR count). The van der Waals surface area contributed by atoms with Gasteiger partial charge in [-0.05, 0) is 74.2 Å². The third-order valence-electron chi connectivity index (χ3n) is 7.87. The number of benzene rings is 2. The fourth-order valence-corrected chi connectivity index (χ4v) is 5.99. The molecule has 11 heteroatoms. The Morgan fingerprint density at radius 3 is 2.17 bits per heavy atom. The van der Waals surface area contributed by atoms with Crippen molar-refractivity contribution in [3.63, 3.8) is 0 Å². The molecule has 0 saturated carbocycles. The number of nitrogens with zero attached hydrogens (tertiary/aromatic N) is 2. The van der Waals surface area contributed by atoms with E-state index in [4.69, 9.17) is 18.9 Å². The van der Waals surface area contributed by atoms with Crippen LogP contribution in [-0.4, -0.2) is 47.5 Å². The zero-order valence-electron chi connectivity index (χ0n) is 27.8. The van der Waals surface area contributed by atoms with E-state index in [9.17, 15) is 18.4 Å². The summed E-state index contributed by atoms with van der Waals surface area (Å²) in [6.45, 7) is 7.48. The number of anilines is 1. The number of carbonyl (C=O) groups excluding carboxylic acids is 2. The van der Waals surface area contributed by atoms with Gasteiger partial charge in [0, 0.05) is 42.8 Å². The molecule has 1 amide bonds. The molecule has 0 aliphatic carbocycles. The van der Waals surface area contributed by atoms with Gasteiger partial charge in [0.15, 0.2) is 0 Å². The van der Waals surface area contributed by atoms with Gasteiger partial charge in [-0.15, -0.1) is 0 Å². The van der Waals surface area contributed by atoms with Crippen molar-refractivity contribution in [2.24, 2.45) is 0 Å². The van der Waals surface area contributed by atoms with Crippen LogP contribution in [0.15, 0.2) is 78.6 Å². The molecule has 4 aromatic rings. The summed E-state index contributed by atoms with van der Waals surface area (Å²) in [7, 11) is 2.81. The summed E-state index contributed by atoms with van der Waals surface area (Å²) < 4.78 is 52.6. The molecule has 9 nitrogen and oxygen atoms in total. The van der Waals surface area contributed by atoms with Crippen molar-refractivity contribution in [1.29, 1.82) is 0 Å². The van der Waals surface area contributed by atoms with Gasteiger partial charge in [0.1, 0.15) is 35.3 Å². The molecule has 0 fully saturated rings. The number of ether oxygens (including phenoxy) is 4. The Hall–Kier alpha value is -5.03. The quantitative estimate of drug-likeness (QED) is 0.164. The van der Waals surface area contributed by atoms with E-state index in [1.165, 1.54) is 38.5 Å². The Morgan fingerprint density at radius 2 is 1.58 bits per heavy atom. The van der Waals surface area contributed by atoms with Crippen LogP contribution >= 0.6 is 0 Å². The molecule has 2 aromatic heterocycles. The normalized spacial score (nSPS) is 15.4. The number of pyridine rings is 1. The molecule has 1 atom stereocenters. The highest BCUT2D eigenvalue weighted by Crippen LogP contribution is 2.43. The first kappa shape index (κ1) is 34.3. The van der Waals surface area contributed by atoms with Crippen LogP contribution < -0.4 is 10.1 Å². The summed E-state index contributed by atoms with van der Waals surface area (Å²) >= 11 is 0. The summed E-state index contributed by atoms with van der Waals surface area (Å²) in [6.07, 6.45) is 2.14. The molecule has 1 N–H and O–H groups in total. The van der Waals surface area contributed by atoms with Crippen LogP contribution in [0.1, 0.15) is 62.8 Å². The molecule has 0 spiro atoms. The van der Waals surface area contributed by atoms with Crippen LogP contribution in [0.2, 0.25) is 0 Å². The van der Waals surface area contributed by atoms with Crippen LogP contribution in [0.25, 0.3) is 22.3 Å². The first-order chi connectivity index (χ1) is 22.9. The number of hydrogen-bond acceptors (Lipinski definition) is 7. The molecule has 252 valence electrons. The van der Waals surface area contributed by atoms with E-state index < -0.39 is 35.4 Å². The maximum atomic E-state index is 14.4. The van der Waals surface area contributed by atoms with Crippen LogP contribution in [0, 0.1) is 11.6 Å². The lowest BCUT2D eigenvalue weighted by Crippen LogP contribution is -2.37. The summed E-state index contributed by atoms with van der Waals surface area (Å²) in [5.41, 5.74) is 3.64. The fraction of sp³-hybridized carbons (Fsp3) is 0.324. The van der Waals surface area contributed by atoms with Crippen molar-refractivity contribution in [1.82, 2.24) is 9.55 Å². The average molecular weight is 660 g/mol. The lowest BCUT2D eigenvalue weighted by atomic mass is 9.93. The van der Waals surface area contributed by atoms with Gasteiger partial charge in [0.2, 0.25) is 11.7 Å². The number of rotatable bonds is 11. The van der Waals surface area contributed by atoms with Gasteiger partial charge in [-0.2, -0.15) is 4.98 Å². The zero-order chi connectivity index (χ0) is 34.6. The molecule has 0 bridgehead atoms. The van der Waals surface area contributed by atoms with Gasteiger partial charge < -0.3 is 28.8 Å². The number of halogens is 2. The lowest BCUT2D eigenvalue weighted by Gasteiger charge is -2.36. The van der Waals surface area contributed by atoms with E-state index in [1.807, 2.05) is 18.4 Å². The molecular weight excluding hydrogens is 620 g/mol. The third-order valence-corrected chi connectivity index (χ3v) is 7.87. The number of amides is 1. The number of nitrogens with one attached hydrogen (secondary N) is 1. The highest BCUT2D eigenvalue weighted by atomic mass is 19.1. The zero-order valence-corrected chi connectivity index (χ0v) is 27.8. The summed E-state index contributed by atoms with van der Waals surface area (Å²) in [5, 5.41) is 2.92. The fourth-order valence-electron chi connectivity index (χ4n) is 5.99. The highest BCUT2D eigenvalue weighted by Gasteiger charge is 2.34. The number of carbonyl (C=O) groups is 2. The van der Waals surface area contributed by atoms with Crippen LogP contribution in [0.4, 0.5) is 14.6 Å². The molecule has 48 heavy (non-hydrogen) atoms. The van der Waals surface area contributed by atoms with E-state index in [0.717, 1.165) is 5.69 Å². The van der Waals surface area contributed by atoms with E-state index in [1.54, 1.807) is 62.4 Å². The van der Waals surface area contributed by atoms with Gasteiger partial charge in [0.25, 0.3) is 5.91 Å². The van der Waals surface area contributed by atoms with E-state index in [2.05, 4.69) is 10.3 Å². The predicted octanol–water partition coefficient (Wildman–Crippen LogP) is 7.87. The molecule has 3 heterocycles. The number of hydrogen-bond donors (Lipinski definition) is 1. The Labute approximate surface area is 278 Å². The highest BCUT2D eigenvalue weighted by molar-refractivity contribution is 6.10. The smallest absolute Gasteiger partial charge is 0.313 e. The Balaban J connectivity index is 1.69. The molecule has 0 saturated heterocycles. The minimum Gasteiger partial charge on any atom is -0.481 e. The van der Waals surface area contributed by atoms with Crippen molar-refractivity contribution in [3.8, 4) is 28.1 Å². The van der Waals surface area contributed by atoms with Crippen molar-refractivity contribution in [3.05, 3.63) is 102 Å². The van der Waals surface area contributed by atoms with Crippen LogP contribution in [-0.2, 0) is 25.4 Å². The second-order valence-corrected chi connectivity index (χ2v) is 12.1. The minimum atomic E-state index is -1.00.